The first-order chi connectivity index (χ1) is 11.6. The Morgan fingerprint density at radius 1 is 0.875 bits per heavy atom. The average molecular weight is 383 g/mol. The van der Waals surface area contributed by atoms with Crippen molar-refractivity contribution in [1.29, 1.82) is 0 Å². The zero-order valence-corrected chi connectivity index (χ0v) is 14.4. The molecule has 3 aromatic carbocycles. The third-order valence-electron chi connectivity index (χ3n) is 3.56. The summed E-state index contributed by atoms with van der Waals surface area (Å²) in [7, 11) is 0. The van der Waals surface area contributed by atoms with Crippen LogP contribution in [-0.2, 0) is 4.79 Å². The van der Waals surface area contributed by atoms with Crippen molar-refractivity contribution in [3.05, 3.63) is 77.3 Å². The maximum Gasteiger partial charge on any atom is 0.341 e. The van der Waals surface area contributed by atoms with Gasteiger partial charge in [-0.1, -0.05) is 76.6 Å². The summed E-state index contributed by atoms with van der Waals surface area (Å²) in [6, 6.07) is 23.5. The van der Waals surface area contributed by atoms with Crippen LogP contribution in [0.15, 0.2) is 77.3 Å². The molecule has 0 unspecified atom stereocenters. The number of hydrogen-bond acceptors (Lipinski definition) is 2. The second-order valence-electron chi connectivity index (χ2n) is 5.24. The molecule has 0 aromatic heterocycles. The van der Waals surface area contributed by atoms with Crippen molar-refractivity contribution in [3.8, 4) is 28.0 Å². The molecule has 0 aliphatic carbocycles. The number of benzene rings is 3. The number of hydrogen-bond donors (Lipinski definition) is 1. The lowest BCUT2D eigenvalue weighted by atomic mass is 9.97. The van der Waals surface area contributed by atoms with Gasteiger partial charge in [-0.25, -0.2) is 4.79 Å². The smallest absolute Gasteiger partial charge is 0.341 e. The molecule has 0 spiro atoms. The highest BCUT2D eigenvalue weighted by molar-refractivity contribution is 9.10. The molecule has 1 N–H and O–H groups in total. The van der Waals surface area contributed by atoms with Gasteiger partial charge in [0.05, 0.1) is 0 Å². The van der Waals surface area contributed by atoms with Crippen molar-refractivity contribution in [2.75, 3.05) is 6.61 Å². The summed E-state index contributed by atoms with van der Waals surface area (Å²) in [5.41, 5.74) is 3.64. The van der Waals surface area contributed by atoms with E-state index < -0.39 is 5.97 Å². The molecule has 24 heavy (non-hydrogen) atoms. The second kappa shape index (κ2) is 7.32. The fourth-order valence-electron chi connectivity index (χ4n) is 2.55. The Balaban J connectivity index is 2.21. The topological polar surface area (TPSA) is 46.5 Å². The van der Waals surface area contributed by atoms with Crippen LogP contribution in [0.2, 0.25) is 0 Å². The highest BCUT2D eigenvalue weighted by atomic mass is 79.9. The van der Waals surface area contributed by atoms with E-state index in [1.54, 1.807) is 0 Å². The average Bonchev–Trinajstić information content (AvgIpc) is 2.61. The van der Waals surface area contributed by atoms with Crippen LogP contribution in [0, 0.1) is 0 Å². The van der Waals surface area contributed by atoms with E-state index in [-0.39, 0.29) is 6.61 Å². The van der Waals surface area contributed by atoms with Crippen molar-refractivity contribution in [3.63, 3.8) is 0 Å². The van der Waals surface area contributed by atoms with Gasteiger partial charge in [-0.15, -0.1) is 0 Å². The molecule has 120 valence electrons. The highest BCUT2D eigenvalue weighted by Gasteiger charge is 2.16. The van der Waals surface area contributed by atoms with Gasteiger partial charge in [-0.2, -0.15) is 0 Å². The monoisotopic (exact) mass is 382 g/mol. The summed E-state index contributed by atoms with van der Waals surface area (Å²) in [4.78, 5) is 11.0. The SMILES string of the molecule is O=C(O)COc1c(-c2ccccc2)cc(Br)cc1-c1ccccc1. The molecule has 0 saturated heterocycles. The number of ether oxygens (including phenoxy) is 1. The maximum atomic E-state index is 11.0. The standard InChI is InChI=1S/C20H15BrO3/c21-16-11-17(14-7-3-1-4-8-14)20(24-13-19(22)23)18(12-16)15-9-5-2-6-10-15/h1-12H,13H2,(H,22,23). The van der Waals surface area contributed by atoms with Crippen LogP contribution >= 0.6 is 15.9 Å². The van der Waals surface area contributed by atoms with E-state index in [4.69, 9.17) is 9.84 Å². The summed E-state index contributed by atoms with van der Waals surface area (Å²) in [6.45, 7) is -0.388. The Hall–Kier alpha value is -2.59. The van der Waals surface area contributed by atoms with Crippen molar-refractivity contribution in [1.82, 2.24) is 0 Å². The van der Waals surface area contributed by atoms with Gasteiger partial charge in [0.1, 0.15) is 5.75 Å². The first-order valence-electron chi connectivity index (χ1n) is 7.44. The third-order valence-corrected chi connectivity index (χ3v) is 4.02. The number of carbonyl (C=O) groups is 1. The van der Waals surface area contributed by atoms with Crippen LogP contribution in [0.3, 0.4) is 0 Å². The predicted molar refractivity (Wildman–Crippen MR) is 98.1 cm³/mol. The Bertz CT molecular complexity index is 785. The number of rotatable bonds is 5. The molecule has 0 atom stereocenters. The zero-order chi connectivity index (χ0) is 16.9. The summed E-state index contributed by atoms with van der Waals surface area (Å²) in [5, 5.41) is 9.02. The molecule has 4 heteroatoms. The van der Waals surface area contributed by atoms with Gasteiger partial charge < -0.3 is 9.84 Å². The summed E-state index contributed by atoms with van der Waals surface area (Å²) in [6.07, 6.45) is 0. The molecule has 0 aliphatic heterocycles. The van der Waals surface area contributed by atoms with Crippen molar-refractivity contribution in [2.24, 2.45) is 0 Å². The normalized spacial score (nSPS) is 10.4. The minimum absolute atomic E-state index is 0.388. The van der Waals surface area contributed by atoms with E-state index in [9.17, 15) is 4.79 Å². The predicted octanol–water partition coefficient (Wildman–Crippen LogP) is 5.25. The lowest BCUT2D eigenvalue weighted by Crippen LogP contribution is -2.10. The quantitative estimate of drug-likeness (QED) is 0.655. The highest BCUT2D eigenvalue weighted by Crippen LogP contribution is 2.41. The van der Waals surface area contributed by atoms with Gasteiger partial charge in [0.25, 0.3) is 0 Å². The fourth-order valence-corrected chi connectivity index (χ4v) is 3.01. The molecule has 3 aromatic rings. The second-order valence-corrected chi connectivity index (χ2v) is 6.16. The Morgan fingerprint density at radius 3 is 1.75 bits per heavy atom. The van der Waals surface area contributed by atoms with E-state index in [1.807, 2.05) is 72.8 Å². The molecule has 0 fully saturated rings. The number of carboxylic acids is 1. The van der Waals surface area contributed by atoms with Gasteiger partial charge in [-0.05, 0) is 23.3 Å². The molecule has 0 aliphatic rings. The van der Waals surface area contributed by atoms with E-state index in [0.29, 0.717) is 5.75 Å². The van der Waals surface area contributed by atoms with Crippen molar-refractivity contribution in [2.45, 2.75) is 0 Å². The maximum absolute atomic E-state index is 11.0. The molecule has 0 bridgehead atoms. The summed E-state index contributed by atoms with van der Waals surface area (Å²) >= 11 is 3.55. The van der Waals surface area contributed by atoms with E-state index in [0.717, 1.165) is 26.7 Å². The van der Waals surface area contributed by atoms with Gasteiger partial charge >= 0.3 is 5.97 Å². The number of carboxylic acid groups (broad SMARTS) is 1. The molecule has 3 nitrogen and oxygen atoms in total. The number of aliphatic carboxylic acids is 1. The first kappa shape index (κ1) is 16.3. The van der Waals surface area contributed by atoms with Crippen molar-refractivity contribution < 1.29 is 14.6 Å². The summed E-state index contributed by atoms with van der Waals surface area (Å²) < 4.78 is 6.58. The van der Waals surface area contributed by atoms with Crippen molar-refractivity contribution >= 4 is 21.9 Å². The molecule has 0 saturated carbocycles. The van der Waals surface area contributed by atoms with E-state index >= 15 is 0 Å². The lowest BCUT2D eigenvalue weighted by Gasteiger charge is -2.16. The van der Waals surface area contributed by atoms with Crippen LogP contribution in [0.5, 0.6) is 5.75 Å². The molecule has 3 rings (SSSR count). The molecule has 0 heterocycles. The van der Waals surface area contributed by atoms with Crippen LogP contribution in [-0.4, -0.2) is 17.7 Å². The minimum atomic E-state index is -1.00. The zero-order valence-electron chi connectivity index (χ0n) is 12.8. The fraction of sp³-hybridized carbons (Fsp3) is 0.0500. The van der Waals surface area contributed by atoms with Crippen LogP contribution in [0.4, 0.5) is 0 Å². The van der Waals surface area contributed by atoms with Gasteiger partial charge in [-0.3, -0.25) is 0 Å². The van der Waals surface area contributed by atoms with E-state index in [2.05, 4.69) is 15.9 Å². The molecule has 0 amide bonds. The van der Waals surface area contributed by atoms with E-state index in [1.165, 1.54) is 0 Å². The van der Waals surface area contributed by atoms with Crippen LogP contribution < -0.4 is 4.74 Å². The van der Waals surface area contributed by atoms with Gasteiger partial charge in [0, 0.05) is 15.6 Å². The Morgan fingerprint density at radius 2 is 1.33 bits per heavy atom. The molecular formula is C20H15BrO3. The first-order valence-corrected chi connectivity index (χ1v) is 8.23. The lowest BCUT2D eigenvalue weighted by molar-refractivity contribution is -0.139. The van der Waals surface area contributed by atoms with Crippen LogP contribution in [0.25, 0.3) is 22.3 Å². The molecular weight excluding hydrogens is 368 g/mol. The largest absolute Gasteiger partial charge is 0.481 e. The summed E-state index contributed by atoms with van der Waals surface area (Å²) in [5.74, 6) is -0.436. The van der Waals surface area contributed by atoms with Gasteiger partial charge in [0.15, 0.2) is 6.61 Å². The number of halogens is 1. The van der Waals surface area contributed by atoms with Crippen LogP contribution in [0.1, 0.15) is 0 Å². The Labute approximate surface area is 148 Å². The Kier molecular flexibility index (Phi) is 4.96. The third kappa shape index (κ3) is 3.66. The minimum Gasteiger partial charge on any atom is -0.481 e. The van der Waals surface area contributed by atoms with Gasteiger partial charge in [0.2, 0.25) is 0 Å². The molecule has 0 radical (unpaired) electrons.